The van der Waals surface area contributed by atoms with Gasteiger partial charge in [0.1, 0.15) is 11.5 Å². The van der Waals surface area contributed by atoms with Crippen molar-refractivity contribution < 1.29 is 9.53 Å². The van der Waals surface area contributed by atoms with Gasteiger partial charge in [-0.2, -0.15) is 0 Å². The zero-order valence-electron chi connectivity index (χ0n) is 12.9. The molecule has 0 radical (unpaired) electrons. The molecule has 3 aromatic carbocycles. The molecule has 0 heterocycles. The Kier molecular flexibility index (Phi) is 2.49. The largest absolute Gasteiger partial charge is 0.496 e. The van der Waals surface area contributed by atoms with E-state index in [1.807, 2.05) is 12.1 Å². The third-order valence-electron chi connectivity index (χ3n) is 5.30. The number of hydrogen-bond donors (Lipinski definition) is 0. The van der Waals surface area contributed by atoms with Gasteiger partial charge in [-0.25, -0.2) is 0 Å². The molecule has 5 rings (SSSR count). The van der Waals surface area contributed by atoms with E-state index in [4.69, 9.17) is 4.74 Å². The number of hydrogen-bond acceptors (Lipinski definition) is 2. The smallest absolute Gasteiger partial charge is 0.137 e. The quantitative estimate of drug-likeness (QED) is 0.601. The molecule has 0 aliphatic heterocycles. The number of carbonyl (C=O) groups excluding carboxylic acids is 1. The number of carbonyl (C=O) groups is 1. The van der Waals surface area contributed by atoms with Crippen LogP contribution >= 0.6 is 0 Å². The van der Waals surface area contributed by atoms with E-state index in [1.54, 1.807) is 7.11 Å². The van der Waals surface area contributed by atoms with Crippen molar-refractivity contribution in [3.8, 4) is 5.75 Å². The van der Waals surface area contributed by atoms with Gasteiger partial charge in [0.05, 0.1) is 7.11 Å². The van der Waals surface area contributed by atoms with Crippen molar-refractivity contribution in [3.05, 3.63) is 59.7 Å². The van der Waals surface area contributed by atoms with Crippen molar-refractivity contribution >= 4 is 32.9 Å². The van der Waals surface area contributed by atoms with Crippen molar-refractivity contribution in [2.24, 2.45) is 0 Å². The van der Waals surface area contributed by atoms with Crippen molar-refractivity contribution in [1.29, 1.82) is 0 Å². The molecule has 0 bridgehead atoms. The molecule has 112 valence electrons. The third-order valence-corrected chi connectivity index (χ3v) is 5.30. The predicted octanol–water partition coefficient (Wildman–Crippen LogP) is 4.85. The highest BCUT2D eigenvalue weighted by atomic mass is 16.5. The molecule has 2 nitrogen and oxygen atoms in total. The molecule has 0 saturated carbocycles. The first-order valence-corrected chi connectivity index (χ1v) is 8.02. The first-order chi connectivity index (χ1) is 11.3. The summed E-state index contributed by atoms with van der Waals surface area (Å²) in [4.78, 5) is 11.8. The van der Waals surface area contributed by atoms with Crippen LogP contribution in [-0.4, -0.2) is 12.9 Å². The molecule has 0 aromatic heterocycles. The first-order valence-electron chi connectivity index (χ1n) is 8.02. The minimum Gasteiger partial charge on any atom is -0.496 e. The summed E-state index contributed by atoms with van der Waals surface area (Å²) in [5.41, 5.74) is 4.05. The zero-order chi connectivity index (χ0) is 15.6. The summed E-state index contributed by atoms with van der Waals surface area (Å²) in [7, 11) is 1.71. The van der Waals surface area contributed by atoms with E-state index in [0.29, 0.717) is 24.5 Å². The molecule has 0 fully saturated rings. The van der Waals surface area contributed by atoms with Crippen LogP contribution in [-0.2, 0) is 4.79 Å². The topological polar surface area (TPSA) is 26.3 Å². The lowest BCUT2D eigenvalue weighted by molar-refractivity contribution is -0.118. The molecule has 0 saturated heterocycles. The number of methoxy groups -OCH3 is 1. The van der Waals surface area contributed by atoms with Gasteiger partial charge in [-0.1, -0.05) is 42.5 Å². The maximum absolute atomic E-state index is 11.8. The van der Waals surface area contributed by atoms with Gasteiger partial charge in [-0.15, -0.1) is 0 Å². The van der Waals surface area contributed by atoms with Crippen LogP contribution < -0.4 is 4.74 Å². The molecule has 23 heavy (non-hydrogen) atoms. The Hall–Kier alpha value is -2.61. The fraction of sp³-hybridized carbons (Fsp3) is 0.190. The van der Waals surface area contributed by atoms with Gasteiger partial charge in [-0.3, -0.25) is 4.79 Å². The molecule has 1 atom stereocenters. The number of benzene rings is 3. The summed E-state index contributed by atoms with van der Waals surface area (Å²) in [6, 6.07) is 14.9. The number of allylic oxidation sites excluding steroid dienone is 2. The standard InChI is InChI=1S/C21H16O2/c1-23-20-4-2-3-13-14-7-9-18-15-6-5-12(22)11-19(15)21(18)17(14)10-8-16(13)20/h2-4,6-10,19H,5,11H2,1H3. The number of fused-ring (bicyclic) bond motifs is 8. The summed E-state index contributed by atoms with van der Waals surface area (Å²) in [6.07, 6.45) is 3.38. The molecule has 1 unspecified atom stereocenters. The van der Waals surface area contributed by atoms with Gasteiger partial charge in [0, 0.05) is 24.1 Å². The SMILES string of the molecule is COc1cccc2c1ccc1c3c(ccc12)C1=CCC(=O)CC13. The fourth-order valence-electron chi connectivity index (χ4n) is 4.24. The molecule has 2 heteroatoms. The molecule has 0 spiro atoms. The molecular weight excluding hydrogens is 284 g/mol. The summed E-state index contributed by atoms with van der Waals surface area (Å²) in [5.74, 6) is 1.56. The highest BCUT2D eigenvalue weighted by molar-refractivity contribution is 6.14. The number of rotatable bonds is 1. The first kappa shape index (κ1) is 12.9. The molecule has 0 N–H and O–H groups in total. The second-order valence-corrected chi connectivity index (χ2v) is 6.40. The van der Waals surface area contributed by atoms with Gasteiger partial charge in [0.25, 0.3) is 0 Å². The maximum Gasteiger partial charge on any atom is 0.137 e. The Morgan fingerprint density at radius 2 is 1.74 bits per heavy atom. The van der Waals surface area contributed by atoms with E-state index in [9.17, 15) is 4.79 Å². The van der Waals surface area contributed by atoms with Gasteiger partial charge in [0.2, 0.25) is 0 Å². The van der Waals surface area contributed by atoms with Crippen LogP contribution in [0.5, 0.6) is 5.75 Å². The number of Topliss-reactive ketones (excluding diaryl/α,β-unsaturated/α-hetero) is 1. The second kappa shape index (κ2) is 4.45. The average Bonchev–Trinajstić information content (AvgIpc) is 2.58. The minimum atomic E-state index is 0.304. The van der Waals surface area contributed by atoms with Crippen LogP contribution in [0.4, 0.5) is 0 Å². The van der Waals surface area contributed by atoms with E-state index >= 15 is 0 Å². The molecule has 0 amide bonds. The zero-order valence-corrected chi connectivity index (χ0v) is 12.9. The van der Waals surface area contributed by atoms with E-state index < -0.39 is 0 Å². The summed E-state index contributed by atoms with van der Waals surface area (Å²) in [5, 5.41) is 4.87. The van der Waals surface area contributed by atoms with Crippen LogP contribution in [0.2, 0.25) is 0 Å². The van der Waals surface area contributed by atoms with Crippen molar-refractivity contribution in [2.75, 3.05) is 7.11 Å². The molecule has 2 aliphatic carbocycles. The highest BCUT2D eigenvalue weighted by Crippen LogP contribution is 2.53. The van der Waals surface area contributed by atoms with Gasteiger partial charge in [-0.05, 0) is 38.9 Å². The number of ether oxygens (including phenoxy) is 1. The van der Waals surface area contributed by atoms with E-state index in [-0.39, 0.29) is 0 Å². The number of ketones is 1. The third kappa shape index (κ3) is 1.61. The van der Waals surface area contributed by atoms with E-state index in [0.717, 1.165) is 11.1 Å². The Morgan fingerprint density at radius 3 is 2.61 bits per heavy atom. The molecule has 2 aliphatic rings. The Morgan fingerprint density at radius 1 is 0.957 bits per heavy atom. The van der Waals surface area contributed by atoms with Crippen LogP contribution in [0, 0.1) is 0 Å². The van der Waals surface area contributed by atoms with Crippen LogP contribution in [0.1, 0.15) is 29.9 Å². The highest BCUT2D eigenvalue weighted by Gasteiger charge is 2.37. The van der Waals surface area contributed by atoms with Crippen LogP contribution in [0.15, 0.2) is 48.5 Å². The normalized spacial score (nSPS) is 19.1. The Labute approximate surface area is 134 Å². The Balaban J connectivity index is 1.84. The Bertz CT molecular complexity index is 1030. The predicted molar refractivity (Wildman–Crippen MR) is 93.0 cm³/mol. The lowest BCUT2D eigenvalue weighted by Crippen LogP contribution is -2.23. The van der Waals surface area contributed by atoms with Gasteiger partial charge >= 0.3 is 0 Å². The van der Waals surface area contributed by atoms with E-state index in [2.05, 4.69) is 36.4 Å². The van der Waals surface area contributed by atoms with Gasteiger partial charge < -0.3 is 4.74 Å². The van der Waals surface area contributed by atoms with Crippen molar-refractivity contribution in [3.63, 3.8) is 0 Å². The second-order valence-electron chi connectivity index (χ2n) is 6.40. The minimum absolute atomic E-state index is 0.304. The summed E-state index contributed by atoms with van der Waals surface area (Å²) >= 11 is 0. The van der Waals surface area contributed by atoms with Gasteiger partial charge in [0.15, 0.2) is 0 Å². The van der Waals surface area contributed by atoms with Crippen molar-refractivity contribution in [2.45, 2.75) is 18.8 Å². The maximum atomic E-state index is 11.8. The van der Waals surface area contributed by atoms with Crippen molar-refractivity contribution in [1.82, 2.24) is 0 Å². The average molecular weight is 300 g/mol. The fourth-order valence-corrected chi connectivity index (χ4v) is 4.24. The lowest BCUT2D eigenvalue weighted by Gasteiger charge is -2.37. The van der Waals surface area contributed by atoms with E-state index in [1.165, 1.54) is 32.9 Å². The van der Waals surface area contributed by atoms with Crippen LogP contribution in [0.25, 0.3) is 27.1 Å². The molecular formula is C21H16O2. The summed E-state index contributed by atoms with van der Waals surface area (Å²) < 4.78 is 5.49. The monoisotopic (exact) mass is 300 g/mol. The molecule has 3 aromatic rings. The summed E-state index contributed by atoms with van der Waals surface area (Å²) in [6.45, 7) is 0. The van der Waals surface area contributed by atoms with Crippen LogP contribution in [0.3, 0.4) is 0 Å². The lowest BCUT2D eigenvalue weighted by atomic mass is 9.66.